The number of nitrogens with one attached hydrogen (secondary N) is 1. The van der Waals surface area contributed by atoms with Gasteiger partial charge in [0.15, 0.2) is 5.96 Å². The van der Waals surface area contributed by atoms with Crippen molar-refractivity contribution in [3.8, 4) is 5.75 Å². The molecule has 28 heavy (non-hydrogen) atoms. The highest BCUT2D eigenvalue weighted by Crippen LogP contribution is 2.52. The van der Waals surface area contributed by atoms with Gasteiger partial charge in [-0.3, -0.25) is 19.5 Å². The Kier molecular flexibility index (Phi) is 4.10. The summed E-state index contributed by atoms with van der Waals surface area (Å²) in [5.41, 5.74) is 7.12. The number of rotatable bonds is 4. The molecular formula is C21H24N4O3. The lowest BCUT2D eigenvalue weighted by Crippen LogP contribution is -2.39. The van der Waals surface area contributed by atoms with Crippen molar-refractivity contribution in [3.63, 3.8) is 0 Å². The fraction of sp³-hybridized carbons (Fsp3) is 0.476. The molecule has 5 unspecified atom stereocenters. The second-order valence-electron chi connectivity index (χ2n) is 7.97. The standard InChI is InChI=1S/C21H24N4O3/c22-21(24-15-7-10-28-16-4-2-1-3-14(15)16)23-8-9-25-19(26)17-12-5-6-13(11-12)18(17)20(25)27/h1-6,12-13,15,17-18H,7-11H2,(H3,22,23,24). The summed E-state index contributed by atoms with van der Waals surface area (Å²) in [6.07, 6.45) is 5.95. The van der Waals surface area contributed by atoms with Gasteiger partial charge in [-0.25, -0.2) is 0 Å². The molecule has 0 spiro atoms. The van der Waals surface area contributed by atoms with Gasteiger partial charge in [-0.1, -0.05) is 30.4 Å². The number of amides is 2. The van der Waals surface area contributed by atoms with Crippen LogP contribution in [0.4, 0.5) is 0 Å². The van der Waals surface area contributed by atoms with Crippen molar-refractivity contribution in [1.82, 2.24) is 10.2 Å². The normalized spacial score (nSPS) is 33.1. The number of ether oxygens (including phenoxy) is 1. The summed E-state index contributed by atoms with van der Waals surface area (Å²) >= 11 is 0. The molecule has 5 rings (SSSR count). The third kappa shape index (κ3) is 2.68. The van der Waals surface area contributed by atoms with Gasteiger partial charge in [0.2, 0.25) is 11.8 Å². The minimum atomic E-state index is -0.152. The first kappa shape index (κ1) is 17.3. The van der Waals surface area contributed by atoms with Crippen LogP contribution in [0.5, 0.6) is 5.75 Å². The van der Waals surface area contributed by atoms with E-state index in [1.807, 2.05) is 24.3 Å². The van der Waals surface area contributed by atoms with Gasteiger partial charge in [-0.15, -0.1) is 0 Å². The van der Waals surface area contributed by atoms with E-state index in [0.717, 1.165) is 24.2 Å². The van der Waals surface area contributed by atoms with Crippen LogP contribution in [0.1, 0.15) is 24.4 Å². The summed E-state index contributed by atoms with van der Waals surface area (Å²) in [6.45, 7) is 1.22. The Morgan fingerprint density at radius 1 is 1.18 bits per heavy atom. The Bertz CT molecular complexity index is 850. The quantitative estimate of drug-likeness (QED) is 0.354. The number of likely N-dealkylation sites (tertiary alicyclic amines) is 1. The van der Waals surface area contributed by atoms with Crippen LogP contribution in [0.25, 0.3) is 0 Å². The first-order valence-electron chi connectivity index (χ1n) is 9.95. The molecule has 2 amide bonds. The van der Waals surface area contributed by atoms with E-state index in [0.29, 0.717) is 19.1 Å². The molecule has 0 aromatic heterocycles. The van der Waals surface area contributed by atoms with Crippen molar-refractivity contribution in [2.75, 3.05) is 19.7 Å². The van der Waals surface area contributed by atoms with Crippen LogP contribution >= 0.6 is 0 Å². The van der Waals surface area contributed by atoms with E-state index in [2.05, 4.69) is 22.5 Å². The molecule has 1 aromatic carbocycles. The van der Waals surface area contributed by atoms with E-state index in [4.69, 9.17) is 10.5 Å². The molecule has 3 N–H and O–H groups in total. The predicted octanol–water partition coefficient (Wildman–Crippen LogP) is 1.22. The van der Waals surface area contributed by atoms with E-state index in [9.17, 15) is 9.59 Å². The molecule has 2 aliphatic carbocycles. The van der Waals surface area contributed by atoms with Gasteiger partial charge in [0.05, 0.1) is 31.0 Å². The summed E-state index contributed by atoms with van der Waals surface area (Å²) in [7, 11) is 0. The molecule has 146 valence electrons. The minimum Gasteiger partial charge on any atom is -0.493 e. The Labute approximate surface area is 163 Å². The molecule has 1 aromatic rings. The molecule has 7 nitrogen and oxygen atoms in total. The van der Waals surface area contributed by atoms with Gasteiger partial charge < -0.3 is 15.8 Å². The fourth-order valence-electron chi connectivity index (χ4n) is 5.17. The molecule has 4 aliphatic rings. The zero-order valence-corrected chi connectivity index (χ0v) is 15.6. The van der Waals surface area contributed by atoms with Crippen molar-refractivity contribution in [2.45, 2.75) is 18.9 Å². The SMILES string of the molecule is NC(=NCCN1C(=O)C2C3C=CC(C3)C2C1=O)NC1CCOc2ccccc21. The lowest BCUT2D eigenvalue weighted by atomic mass is 9.85. The summed E-state index contributed by atoms with van der Waals surface area (Å²) in [6, 6.07) is 7.92. The van der Waals surface area contributed by atoms with Crippen LogP contribution in [0.2, 0.25) is 0 Å². The number of imide groups is 1. The van der Waals surface area contributed by atoms with Crippen molar-refractivity contribution < 1.29 is 14.3 Å². The maximum Gasteiger partial charge on any atom is 0.233 e. The number of nitrogens with two attached hydrogens (primary N) is 1. The zero-order chi connectivity index (χ0) is 19.3. The molecule has 2 aliphatic heterocycles. The van der Waals surface area contributed by atoms with Crippen LogP contribution < -0.4 is 15.8 Å². The maximum atomic E-state index is 12.7. The molecule has 1 saturated heterocycles. The highest BCUT2D eigenvalue weighted by atomic mass is 16.5. The predicted molar refractivity (Wildman–Crippen MR) is 103 cm³/mol. The second-order valence-corrected chi connectivity index (χ2v) is 7.97. The lowest BCUT2D eigenvalue weighted by Gasteiger charge is -2.27. The van der Waals surface area contributed by atoms with Crippen LogP contribution in [-0.2, 0) is 9.59 Å². The molecule has 2 fully saturated rings. The van der Waals surface area contributed by atoms with Crippen LogP contribution in [0.15, 0.2) is 41.4 Å². The molecule has 2 bridgehead atoms. The number of carbonyl (C=O) groups is 2. The number of benzene rings is 1. The van der Waals surface area contributed by atoms with Gasteiger partial charge >= 0.3 is 0 Å². The highest BCUT2D eigenvalue weighted by molar-refractivity contribution is 6.06. The first-order chi connectivity index (χ1) is 13.6. The average Bonchev–Trinajstić information content (AvgIpc) is 3.38. The number of carbonyl (C=O) groups excluding carboxylic acids is 2. The smallest absolute Gasteiger partial charge is 0.233 e. The lowest BCUT2D eigenvalue weighted by molar-refractivity contribution is -0.140. The van der Waals surface area contributed by atoms with Gasteiger partial charge in [0, 0.05) is 18.5 Å². The molecule has 0 radical (unpaired) electrons. The van der Waals surface area contributed by atoms with Gasteiger partial charge in [0.1, 0.15) is 5.75 Å². The monoisotopic (exact) mass is 380 g/mol. The fourth-order valence-corrected chi connectivity index (χ4v) is 5.17. The Morgan fingerprint density at radius 3 is 2.64 bits per heavy atom. The Balaban J connectivity index is 1.20. The van der Waals surface area contributed by atoms with Gasteiger partial charge in [-0.05, 0) is 24.3 Å². The van der Waals surface area contributed by atoms with Crippen molar-refractivity contribution in [3.05, 3.63) is 42.0 Å². The van der Waals surface area contributed by atoms with Crippen LogP contribution in [0.3, 0.4) is 0 Å². The second kappa shape index (κ2) is 6.65. The molecular weight excluding hydrogens is 356 g/mol. The minimum absolute atomic E-state index is 0.0352. The number of guanidine groups is 1. The number of para-hydroxylation sites is 1. The summed E-state index contributed by atoms with van der Waals surface area (Å²) in [5, 5.41) is 3.24. The van der Waals surface area contributed by atoms with Gasteiger partial charge in [-0.2, -0.15) is 0 Å². The van der Waals surface area contributed by atoms with E-state index in [-0.39, 0.29) is 48.1 Å². The molecule has 5 atom stereocenters. The highest BCUT2D eigenvalue weighted by Gasteiger charge is 2.58. The molecule has 7 heteroatoms. The third-order valence-electron chi connectivity index (χ3n) is 6.45. The Hall–Kier alpha value is -2.83. The first-order valence-corrected chi connectivity index (χ1v) is 9.95. The summed E-state index contributed by atoms with van der Waals surface area (Å²) < 4.78 is 5.66. The molecule has 1 saturated carbocycles. The van der Waals surface area contributed by atoms with Gasteiger partial charge in [0.25, 0.3) is 0 Å². The zero-order valence-electron chi connectivity index (χ0n) is 15.6. The van der Waals surface area contributed by atoms with E-state index < -0.39 is 0 Å². The van der Waals surface area contributed by atoms with E-state index in [1.54, 1.807) is 0 Å². The summed E-state index contributed by atoms with van der Waals surface area (Å²) in [4.78, 5) is 31.1. The van der Waals surface area contributed by atoms with Crippen LogP contribution in [0, 0.1) is 23.7 Å². The Morgan fingerprint density at radius 2 is 1.89 bits per heavy atom. The number of nitrogens with zero attached hydrogens (tertiary/aromatic N) is 2. The number of allylic oxidation sites excluding steroid dienone is 2. The van der Waals surface area contributed by atoms with Crippen LogP contribution in [-0.4, -0.2) is 42.4 Å². The number of aliphatic imine (C=N–C) groups is 1. The largest absolute Gasteiger partial charge is 0.493 e. The number of hydrogen-bond donors (Lipinski definition) is 2. The van der Waals surface area contributed by atoms with E-state index >= 15 is 0 Å². The van der Waals surface area contributed by atoms with Crippen molar-refractivity contribution in [2.24, 2.45) is 34.4 Å². The van der Waals surface area contributed by atoms with Crippen molar-refractivity contribution in [1.29, 1.82) is 0 Å². The topological polar surface area (TPSA) is 97.0 Å². The number of hydrogen-bond acceptors (Lipinski definition) is 4. The molecule has 2 heterocycles. The summed E-state index contributed by atoms with van der Waals surface area (Å²) in [5.74, 6) is 1.28. The number of fused-ring (bicyclic) bond motifs is 6. The third-order valence-corrected chi connectivity index (χ3v) is 6.45. The maximum absolute atomic E-state index is 12.7. The average molecular weight is 380 g/mol. The van der Waals surface area contributed by atoms with E-state index in [1.165, 1.54) is 4.90 Å². The van der Waals surface area contributed by atoms with Crippen molar-refractivity contribution >= 4 is 17.8 Å².